The molecule has 0 aliphatic carbocycles. The molecule has 0 saturated carbocycles. The molecule has 0 unspecified atom stereocenters. The molecule has 0 amide bonds. The van der Waals surface area contributed by atoms with E-state index in [1.165, 1.54) is 5.56 Å². The summed E-state index contributed by atoms with van der Waals surface area (Å²) in [6.07, 6.45) is 2.55. The normalized spacial score (nSPS) is 10.1. The maximum Gasteiger partial charge on any atom is 1.00 e. The summed E-state index contributed by atoms with van der Waals surface area (Å²) in [5.74, 6) is 0.882. The zero-order valence-corrected chi connectivity index (χ0v) is 17.9. The molecule has 2 aromatic carbocycles. The molecule has 0 aliphatic rings. The zero-order chi connectivity index (χ0) is 16.5. The Labute approximate surface area is 186 Å². The number of nitrogens with zero attached hydrogens (tertiary/aromatic N) is 1. The second kappa shape index (κ2) is 10.8. The minimum atomic E-state index is 0. The molecule has 0 bridgehead atoms. The molecule has 24 heavy (non-hydrogen) atoms. The number of aromatic nitrogens is 1. The molecule has 120 valence electrons. The van der Waals surface area contributed by atoms with Gasteiger partial charge in [0.15, 0.2) is 0 Å². The van der Waals surface area contributed by atoms with Gasteiger partial charge >= 0.3 is 51.4 Å². The van der Waals surface area contributed by atoms with Gasteiger partial charge in [-0.25, -0.2) is 5.16 Å². The van der Waals surface area contributed by atoms with Gasteiger partial charge < -0.3 is 9.26 Å². The second-order valence-corrected chi connectivity index (χ2v) is 6.09. The van der Waals surface area contributed by atoms with Crippen molar-refractivity contribution in [2.75, 3.05) is 0 Å². The third-order valence-corrected chi connectivity index (χ3v) is 3.10. The summed E-state index contributed by atoms with van der Waals surface area (Å²) in [6, 6.07) is 22.3. The van der Waals surface area contributed by atoms with Crippen molar-refractivity contribution in [2.24, 2.45) is 0 Å². The molecular weight excluding hydrogens is 325 g/mol. The van der Waals surface area contributed by atoms with Gasteiger partial charge in [0.2, 0.25) is 0 Å². The number of hydrogen-bond donors (Lipinski definition) is 0. The Morgan fingerprint density at radius 3 is 2.21 bits per heavy atom. The topological polar surface area (TPSA) is 35.3 Å². The fourth-order valence-electron chi connectivity index (χ4n) is 1.75. The van der Waals surface area contributed by atoms with Crippen molar-refractivity contribution in [3.63, 3.8) is 0 Å². The first-order valence-electron chi connectivity index (χ1n) is 7.52. The van der Waals surface area contributed by atoms with Crippen molar-refractivity contribution in [1.82, 2.24) is 5.16 Å². The van der Waals surface area contributed by atoms with Gasteiger partial charge in [-0.2, -0.15) is 24.3 Å². The fraction of sp³-hybridized carbons (Fsp3) is 0.250. The molecule has 4 heteroatoms. The minimum absolute atomic E-state index is 0. The van der Waals surface area contributed by atoms with Crippen LogP contribution in [-0.2, 0) is 12.0 Å². The minimum Gasteiger partial charge on any atom is -0.514 e. The summed E-state index contributed by atoms with van der Waals surface area (Å²) >= 11 is 0. The van der Waals surface area contributed by atoms with Crippen LogP contribution in [0.2, 0.25) is 0 Å². The SMILES string of the molecule is CC(C)(C)c1c[c-]on1.[K+].[c-]1ccc(OCc2ccccc2)cc1. The molecule has 3 rings (SSSR count). The maximum absolute atomic E-state index is 5.57. The van der Waals surface area contributed by atoms with E-state index < -0.39 is 0 Å². The van der Waals surface area contributed by atoms with Crippen molar-refractivity contribution in [2.45, 2.75) is 32.8 Å². The van der Waals surface area contributed by atoms with E-state index in [4.69, 9.17) is 4.74 Å². The van der Waals surface area contributed by atoms with Crippen LogP contribution < -0.4 is 56.1 Å². The molecule has 1 heterocycles. The fourth-order valence-corrected chi connectivity index (χ4v) is 1.75. The number of ether oxygens (including phenoxy) is 1. The van der Waals surface area contributed by atoms with Crippen LogP contribution in [0, 0.1) is 12.3 Å². The molecule has 3 nitrogen and oxygen atoms in total. The molecular formula is C20H21KNO2-. The van der Waals surface area contributed by atoms with Gasteiger partial charge in [-0.05, 0) is 11.8 Å². The van der Waals surface area contributed by atoms with Crippen LogP contribution in [-0.4, -0.2) is 5.16 Å². The standard InChI is InChI=1S/C13H11O.C7H10NO.K/c1-3-7-12(8-4-1)11-14-13-9-5-2-6-10-13;1-7(2,3)6-4-5-9-8-6;/h1,3-10H,11H2;4H,1-3H3;/q2*-1;+1. The van der Waals surface area contributed by atoms with Gasteiger partial charge in [0.25, 0.3) is 0 Å². The summed E-state index contributed by atoms with van der Waals surface area (Å²) < 4.78 is 10.1. The van der Waals surface area contributed by atoms with Crippen molar-refractivity contribution in [3.05, 3.63) is 84.3 Å². The van der Waals surface area contributed by atoms with Crippen LogP contribution in [0.15, 0.2) is 65.2 Å². The van der Waals surface area contributed by atoms with E-state index in [0.29, 0.717) is 6.61 Å². The van der Waals surface area contributed by atoms with Crippen molar-refractivity contribution >= 4 is 0 Å². The molecule has 0 atom stereocenters. The van der Waals surface area contributed by atoms with Crippen LogP contribution in [0.1, 0.15) is 32.0 Å². The number of hydrogen-bond acceptors (Lipinski definition) is 3. The summed E-state index contributed by atoms with van der Waals surface area (Å²) in [6.45, 7) is 6.86. The first kappa shape index (κ1) is 21.1. The second-order valence-electron chi connectivity index (χ2n) is 6.09. The quantitative estimate of drug-likeness (QED) is 0.536. The van der Waals surface area contributed by atoms with E-state index >= 15 is 0 Å². The molecule has 0 saturated heterocycles. The Hall–Kier alpha value is -0.914. The average Bonchev–Trinajstić information content (AvgIpc) is 3.10. The Balaban J connectivity index is 0.000000252. The summed E-state index contributed by atoms with van der Waals surface area (Å²) in [5, 5.41) is 3.76. The van der Waals surface area contributed by atoms with Gasteiger partial charge in [0.05, 0.1) is 0 Å². The number of rotatable bonds is 3. The zero-order valence-electron chi connectivity index (χ0n) is 14.7. The first-order chi connectivity index (χ1) is 11.1. The molecule has 1 aromatic heterocycles. The molecule has 0 spiro atoms. The molecule has 0 aliphatic heterocycles. The van der Waals surface area contributed by atoms with E-state index in [9.17, 15) is 0 Å². The van der Waals surface area contributed by atoms with Crippen LogP contribution in [0.5, 0.6) is 5.75 Å². The Morgan fingerprint density at radius 1 is 1.04 bits per heavy atom. The molecule has 0 N–H and O–H groups in total. The van der Waals surface area contributed by atoms with Gasteiger partial charge in [0, 0.05) is 5.75 Å². The van der Waals surface area contributed by atoms with Crippen molar-refractivity contribution in [3.8, 4) is 5.75 Å². The predicted molar refractivity (Wildman–Crippen MR) is 90.1 cm³/mol. The third-order valence-electron chi connectivity index (χ3n) is 3.10. The van der Waals surface area contributed by atoms with Crippen molar-refractivity contribution in [1.29, 1.82) is 0 Å². The third kappa shape index (κ3) is 7.77. The van der Waals surface area contributed by atoms with Crippen LogP contribution in [0.4, 0.5) is 0 Å². The first-order valence-corrected chi connectivity index (χ1v) is 7.52. The molecule has 0 radical (unpaired) electrons. The van der Waals surface area contributed by atoms with Crippen LogP contribution in [0.25, 0.3) is 0 Å². The van der Waals surface area contributed by atoms with Crippen molar-refractivity contribution < 1.29 is 60.6 Å². The number of benzene rings is 2. The van der Waals surface area contributed by atoms with Gasteiger partial charge in [0.1, 0.15) is 6.61 Å². The molecule has 3 aromatic rings. The van der Waals surface area contributed by atoms with E-state index in [-0.39, 0.29) is 56.8 Å². The Kier molecular flexibility index (Phi) is 9.55. The maximum atomic E-state index is 5.57. The van der Waals surface area contributed by atoms with Crippen LogP contribution in [0.3, 0.4) is 0 Å². The van der Waals surface area contributed by atoms with E-state index in [2.05, 4.69) is 54.9 Å². The largest absolute Gasteiger partial charge is 1.00 e. The summed E-state index contributed by atoms with van der Waals surface area (Å²) in [4.78, 5) is 0. The monoisotopic (exact) mass is 346 g/mol. The van der Waals surface area contributed by atoms with E-state index in [1.54, 1.807) is 6.07 Å². The van der Waals surface area contributed by atoms with Gasteiger partial charge in [-0.3, -0.25) is 0 Å². The van der Waals surface area contributed by atoms with Gasteiger partial charge in [-0.1, -0.05) is 62.2 Å². The predicted octanol–water partition coefficient (Wildman–Crippen LogP) is 1.84. The smallest absolute Gasteiger partial charge is 0.514 e. The van der Waals surface area contributed by atoms with Gasteiger partial charge in [-0.15, -0.1) is 12.1 Å². The summed E-state index contributed by atoms with van der Waals surface area (Å²) in [7, 11) is 0. The summed E-state index contributed by atoms with van der Waals surface area (Å²) in [5.41, 5.74) is 2.21. The Morgan fingerprint density at radius 2 is 1.71 bits per heavy atom. The average molecular weight is 346 g/mol. The van der Waals surface area contributed by atoms with E-state index in [1.807, 2.05) is 42.5 Å². The van der Waals surface area contributed by atoms with E-state index in [0.717, 1.165) is 11.4 Å². The van der Waals surface area contributed by atoms with Crippen LogP contribution >= 0.6 is 0 Å². The molecule has 0 fully saturated rings. The Bertz CT molecular complexity index is 622.